The second-order valence-electron chi connectivity index (χ2n) is 5.11. The summed E-state index contributed by atoms with van der Waals surface area (Å²) in [6, 6.07) is 4.75. The van der Waals surface area contributed by atoms with Crippen LogP contribution in [0.1, 0.15) is 12.5 Å². The van der Waals surface area contributed by atoms with Crippen LogP contribution in [0.2, 0.25) is 0 Å². The molecule has 1 heterocycles. The maximum absolute atomic E-state index is 13.9. The molecule has 1 aliphatic rings. The van der Waals surface area contributed by atoms with E-state index in [1.165, 1.54) is 13.2 Å². The van der Waals surface area contributed by atoms with Gasteiger partial charge in [0, 0.05) is 31.3 Å². The Morgan fingerprint density at radius 1 is 1.60 bits per heavy atom. The number of carbonyl (C=O) groups is 1. The Balaban J connectivity index is 2.08. The monoisotopic (exact) mass is 282 g/mol. The van der Waals surface area contributed by atoms with E-state index in [9.17, 15) is 9.18 Å². The highest BCUT2D eigenvalue weighted by Crippen LogP contribution is 2.22. The first-order valence-electron chi connectivity index (χ1n) is 6.43. The van der Waals surface area contributed by atoms with Crippen LogP contribution in [0.5, 0.6) is 5.75 Å². The fourth-order valence-corrected chi connectivity index (χ4v) is 2.26. The minimum atomic E-state index is -1.01. The van der Waals surface area contributed by atoms with Gasteiger partial charge >= 0.3 is 0 Å². The molecule has 1 aromatic carbocycles. The van der Waals surface area contributed by atoms with E-state index in [1.54, 1.807) is 19.1 Å². The lowest BCUT2D eigenvalue weighted by Gasteiger charge is -2.38. The highest BCUT2D eigenvalue weighted by Gasteiger charge is 2.37. The van der Waals surface area contributed by atoms with Gasteiger partial charge in [0.2, 0.25) is 0 Å². The molecule has 0 radical (unpaired) electrons. The molecular weight excluding hydrogens is 263 g/mol. The van der Waals surface area contributed by atoms with Gasteiger partial charge in [-0.3, -0.25) is 9.69 Å². The summed E-state index contributed by atoms with van der Waals surface area (Å²) in [6.45, 7) is 3.45. The second kappa shape index (κ2) is 5.76. The zero-order chi connectivity index (χ0) is 14.8. The van der Waals surface area contributed by atoms with Gasteiger partial charge < -0.3 is 15.2 Å². The topological polar surface area (TPSA) is 64.8 Å². The standard InChI is InChI=1S/C14H19FN2O3/c1-14(13(16)18)9-17(5-6-20-14)8-10-3-4-11(19-2)7-12(10)15/h3-4,7H,5-6,8-9H2,1-2H3,(H2,16,18)/t14-/m0/s1. The Morgan fingerprint density at radius 3 is 2.95 bits per heavy atom. The summed E-state index contributed by atoms with van der Waals surface area (Å²) in [5, 5.41) is 0. The highest BCUT2D eigenvalue weighted by atomic mass is 19.1. The third kappa shape index (κ3) is 3.08. The molecule has 1 amide bonds. The summed E-state index contributed by atoms with van der Waals surface area (Å²) in [4.78, 5) is 13.4. The number of nitrogens with two attached hydrogens (primary N) is 1. The maximum atomic E-state index is 13.9. The molecule has 0 unspecified atom stereocenters. The van der Waals surface area contributed by atoms with Gasteiger partial charge in [-0.25, -0.2) is 4.39 Å². The molecule has 0 aromatic heterocycles. The number of rotatable bonds is 4. The molecule has 5 nitrogen and oxygen atoms in total. The summed E-state index contributed by atoms with van der Waals surface area (Å²) < 4.78 is 24.3. The lowest BCUT2D eigenvalue weighted by molar-refractivity contribution is -0.153. The number of amides is 1. The molecule has 1 atom stereocenters. The van der Waals surface area contributed by atoms with Gasteiger partial charge in [-0.15, -0.1) is 0 Å². The van der Waals surface area contributed by atoms with Crippen molar-refractivity contribution in [3.63, 3.8) is 0 Å². The Bertz CT molecular complexity index is 509. The number of carbonyl (C=O) groups excluding carboxylic acids is 1. The van der Waals surface area contributed by atoms with Crippen LogP contribution in [0.15, 0.2) is 18.2 Å². The van der Waals surface area contributed by atoms with Crippen molar-refractivity contribution in [1.29, 1.82) is 0 Å². The van der Waals surface area contributed by atoms with Crippen molar-refractivity contribution in [2.24, 2.45) is 5.73 Å². The van der Waals surface area contributed by atoms with E-state index in [1.807, 2.05) is 4.90 Å². The molecule has 0 bridgehead atoms. The summed E-state index contributed by atoms with van der Waals surface area (Å²) >= 11 is 0. The third-order valence-electron chi connectivity index (χ3n) is 3.53. The number of nitrogens with zero attached hydrogens (tertiary/aromatic N) is 1. The van der Waals surface area contributed by atoms with Crippen LogP contribution in [0.3, 0.4) is 0 Å². The van der Waals surface area contributed by atoms with E-state index in [4.69, 9.17) is 15.2 Å². The fourth-order valence-electron chi connectivity index (χ4n) is 2.26. The number of ether oxygens (including phenoxy) is 2. The van der Waals surface area contributed by atoms with Crippen molar-refractivity contribution in [3.05, 3.63) is 29.6 Å². The molecule has 20 heavy (non-hydrogen) atoms. The van der Waals surface area contributed by atoms with Crippen LogP contribution >= 0.6 is 0 Å². The summed E-state index contributed by atoms with van der Waals surface area (Å²) in [5.41, 5.74) is 4.89. The molecule has 110 valence electrons. The average Bonchev–Trinajstić information content (AvgIpc) is 2.41. The van der Waals surface area contributed by atoms with Crippen LogP contribution in [0, 0.1) is 5.82 Å². The van der Waals surface area contributed by atoms with Crippen molar-refractivity contribution in [2.75, 3.05) is 26.8 Å². The summed E-state index contributed by atoms with van der Waals surface area (Å²) in [6.07, 6.45) is 0. The summed E-state index contributed by atoms with van der Waals surface area (Å²) in [7, 11) is 1.49. The molecule has 0 saturated carbocycles. The lowest BCUT2D eigenvalue weighted by Crippen LogP contribution is -2.56. The van der Waals surface area contributed by atoms with Crippen molar-refractivity contribution < 1.29 is 18.7 Å². The van der Waals surface area contributed by atoms with Gasteiger partial charge in [0.15, 0.2) is 5.60 Å². The Labute approximate surface area is 117 Å². The first-order valence-corrected chi connectivity index (χ1v) is 6.43. The van der Waals surface area contributed by atoms with Gasteiger partial charge in [0.05, 0.1) is 13.7 Å². The minimum Gasteiger partial charge on any atom is -0.497 e. The first kappa shape index (κ1) is 14.7. The molecule has 1 fully saturated rings. The average molecular weight is 282 g/mol. The van der Waals surface area contributed by atoms with Gasteiger partial charge in [-0.05, 0) is 13.0 Å². The van der Waals surface area contributed by atoms with Gasteiger partial charge in [0.25, 0.3) is 5.91 Å². The molecule has 6 heteroatoms. The predicted molar refractivity (Wildman–Crippen MR) is 71.8 cm³/mol. The van der Waals surface area contributed by atoms with Crippen LogP contribution < -0.4 is 10.5 Å². The van der Waals surface area contributed by atoms with Crippen LogP contribution in [0.4, 0.5) is 4.39 Å². The second-order valence-corrected chi connectivity index (χ2v) is 5.11. The van der Waals surface area contributed by atoms with Crippen molar-refractivity contribution >= 4 is 5.91 Å². The smallest absolute Gasteiger partial charge is 0.250 e. The number of halogens is 1. The highest BCUT2D eigenvalue weighted by molar-refractivity contribution is 5.83. The molecule has 0 aliphatic carbocycles. The van der Waals surface area contributed by atoms with E-state index in [0.29, 0.717) is 37.6 Å². The van der Waals surface area contributed by atoms with Crippen LogP contribution in [-0.4, -0.2) is 43.2 Å². The van der Waals surface area contributed by atoms with E-state index in [-0.39, 0.29) is 5.82 Å². The van der Waals surface area contributed by atoms with Crippen LogP contribution in [-0.2, 0) is 16.1 Å². The molecular formula is C14H19FN2O3. The molecule has 2 N–H and O–H groups in total. The third-order valence-corrected chi connectivity index (χ3v) is 3.53. The van der Waals surface area contributed by atoms with Gasteiger partial charge in [-0.2, -0.15) is 0 Å². The van der Waals surface area contributed by atoms with Gasteiger partial charge in [0.1, 0.15) is 11.6 Å². The number of benzene rings is 1. The Hall–Kier alpha value is -1.66. The van der Waals surface area contributed by atoms with Gasteiger partial charge in [-0.1, -0.05) is 6.07 Å². The normalized spacial score (nSPS) is 23.6. The van der Waals surface area contributed by atoms with Crippen molar-refractivity contribution in [2.45, 2.75) is 19.1 Å². The lowest BCUT2D eigenvalue weighted by atomic mass is 10.0. The molecule has 0 spiro atoms. The van der Waals surface area contributed by atoms with Crippen LogP contribution in [0.25, 0.3) is 0 Å². The summed E-state index contributed by atoms with van der Waals surface area (Å²) in [5.74, 6) is -0.343. The first-order chi connectivity index (χ1) is 9.44. The number of hydrogen-bond donors (Lipinski definition) is 1. The van der Waals surface area contributed by atoms with Crippen molar-refractivity contribution in [1.82, 2.24) is 4.90 Å². The predicted octanol–water partition coefficient (Wildman–Crippen LogP) is 0.910. The SMILES string of the molecule is COc1ccc(CN2CCO[C@](C)(C(N)=O)C2)c(F)c1. The van der Waals surface area contributed by atoms with E-state index in [2.05, 4.69) is 0 Å². The zero-order valence-electron chi connectivity index (χ0n) is 11.7. The van der Waals surface area contributed by atoms with E-state index < -0.39 is 11.5 Å². The molecule has 2 rings (SSSR count). The number of methoxy groups -OCH3 is 1. The van der Waals surface area contributed by atoms with Crippen molar-refractivity contribution in [3.8, 4) is 5.75 Å². The van der Waals surface area contributed by atoms with E-state index in [0.717, 1.165) is 0 Å². The zero-order valence-corrected chi connectivity index (χ0v) is 11.7. The quantitative estimate of drug-likeness (QED) is 0.891. The number of hydrogen-bond acceptors (Lipinski definition) is 4. The molecule has 1 aliphatic heterocycles. The Morgan fingerprint density at radius 2 is 2.35 bits per heavy atom. The maximum Gasteiger partial charge on any atom is 0.250 e. The number of primary amides is 1. The Kier molecular flexibility index (Phi) is 4.25. The number of morpholine rings is 1. The molecule has 1 saturated heterocycles. The fraction of sp³-hybridized carbons (Fsp3) is 0.500. The van der Waals surface area contributed by atoms with E-state index >= 15 is 0 Å². The molecule has 1 aromatic rings. The largest absolute Gasteiger partial charge is 0.497 e. The minimum absolute atomic E-state index is 0.323.